The van der Waals surface area contributed by atoms with Crippen LogP contribution in [0.15, 0.2) is 41.4 Å². The number of hydrogen-bond acceptors (Lipinski definition) is 3. The van der Waals surface area contributed by atoms with Gasteiger partial charge in [-0.1, -0.05) is 12.1 Å². The Kier molecular flexibility index (Phi) is 4.83. The molecule has 2 heterocycles. The number of piperidine rings is 1. The number of nitrogens with zero attached hydrogens (tertiary/aromatic N) is 2. The number of likely N-dealkylation sites (tertiary alicyclic amines) is 1. The van der Waals surface area contributed by atoms with Gasteiger partial charge in [-0.2, -0.15) is 5.10 Å². The Morgan fingerprint density at radius 2 is 2.18 bits per heavy atom. The Bertz CT molecular complexity index is 609. The summed E-state index contributed by atoms with van der Waals surface area (Å²) in [4.78, 5) is 15.8. The Labute approximate surface area is 135 Å². The van der Waals surface area contributed by atoms with Gasteiger partial charge in [-0.3, -0.25) is 9.89 Å². The number of rotatable bonds is 4. The molecule has 0 radical (unpaired) electrons. The minimum absolute atomic E-state index is 0.223. The molecular formula is C17H21N3OS. The molecule has 3 rings (SSSR count). The van der Waals surface area contributed by atoms with E-state index in [0.29, 0.717) is 12.3 Å². The Hall–Kier alpha value is -1.75. The van der Waals surface area contributed by atoms with E-state index in [9.17, 15) is 4.79 Å². The molecule has 1 N–H and O–H groups in total. The van der Waals surface area contributed by atoms with Crippen molar-refractivity contribution in [2.75, 3.05) is 19.3 Å². The van der Waals surface area contributed by atoms with Crippen molar-refractivity contribution in [2.45, 2.75) is 30.1 Å². The summed E-state index contributed by atoms with van der Waals surface area (Å²) < 4.78 is 0. The fraction of sp³-hybridized carbons (Fsp3) is 0.412. The van der Waals surface area contributed by atoms with Crippen LogP contribution in [0.5, 0.6) is 0 Å². The topological polar surface area (TPSA) is 49.0 Å². The van der Waals surface area contributed by atoms with Crippen LogP contribution in [0.3, 0.4) is 0 Å². The number of carbonyl (C=O) groups excluding carboxylic acids is 1. The molecule has 4 nitrogen and oxygen atoms in total. The highest BCUT2D eigenvalue weighted by Gasteiger charge is 2.25. The van der Waals surface area contributed by atoms with Crippen LogP contribution in [0.2, 0.25) is 0 Å². The minimum Gasteiger partial charge on any atom is -0.342 e. The number of benzene rings is 1. The van der Waals surface area contributed by atoms with Gasteiger partial charge in [-0.05, 0) is 42.9 Å². The SMILES string of the molecule is CSc1ccc(CC(=O)N2CCC[C@H](c3ccn[nH]3)C2)cc1. The average Bonchev–Trinajstić information content (AvgIpc) is 3.10. The number of amides is 1. The van der Waals surface area contributed by atoms with Crippen LogP contribution in [-0.4, -0.2) is 40.3 Å². The van der Waals surface area contributed by atoms with Gasteiger partial charge in [-0.15, -0.1) is 11.8 Å². The zero-order chi connectivity index (χ0) is 15.4. The second-order valence-corrected chi connectivity index (χ2v) is 6.60. The van der Waals surface area contributed by atoms with E-state index in [0.717, 1.165) is 37.2 Å². The first-order valence-corrected chi connectivity index (χ1v) is 8.88. The highest BCUT2D eigenvalue weighted by atomic mass is 32.2. The van der Waals surface area contributed by atoms with E-state index in [1.807, 2.05) is 11.0 Å². The number of H-pyrrole nitrogens is 1. The molecule has 2 aromatic rings. The van der Waals surface area contributed by atoms with Crippen molar-refractivity contribution in [1.82, 2.24) is 15.1 Å². The highest BCUT2D eigenvalue weighted by Crippen LogP contribution is 2.25. The monoisotopic (exact) mass is 315 g/mol. The molecule has 5 heteroatoms. The Morgan fingerprint density at radius 3 is 2.86 bits per heavy atom. The average molecular weight is 315 g/mol. The first kappa shape index (κ1) is 15.2. The van der Waals surface area contributed by atoms with Gasteiger partial charge in [0.05, 0.1) is 6.42 Å². The van der Waals surface area contributed by atoms with Crippen LogP contribution in [-0.2, 0) is 11.2 Å². The number of thioether (sulfide) groups is 1. The van der Waals surface area contributed by atoms with Crippen molar-refractivity contribution in [3.05, 3.63) is 47.8 Å². The van der Waals surface area contributed by atoms with Crippen molar-refractivity contribution < 1.29 is 4.79 Å². The fourth-order valence-corrected chi connectivity index (χ4v) is 3.39. The normalized spacial score (nSPS) is 18.4. The molecule has 0 saturated carbocycles. The highest BCUT2D eigenvalue weighted by molar-refractivity contribution is 7.98. The van der Waals surface area contributed by atoms with E-state index in [1.165, 1.54) is 4.90 Å². The van der Waals surface area contributed by atoms with Crippen molar-refractivity contribution >= 4 is 17.7 Å². The van der Waals surface area contributed by atoms with Gasteiger partial charge in [0, 0.05) is 35.8 Å². The van der Waals surface area contributed by atoms with Gasteiger partial charge in [0.25, 0.3) is 0 Å². The Balaban J connectivity index is 1.61. The van der Waals surface area contributed by atoms with Crippen molar-refractivity contribution in [2.24, 2.45) is 0 Å². The van der Waals surface area contributed by atoms with Gasteiger partial charge in [0.1, 0.15) is 0 Å². The number of hydrogen-bond donors (Lipinski definition) is 1. The molecular weight excluding hydrogens is 294 g/mol. The molecule has 1 aromatic carbocycles. The molecule has 1 amide bonds. The summed E-state index contributed by atoms with van der Waals surface area (Å²) in [6.07, 6.45) is 6.51. The molecule has 1 fully saturated rings. The molecule has 1 aromatic heterocycles. The number of carbonyl (C=O) groups is 1. The summed E-state index contributed by atoms with van der Waals surface area (Å²) in [7, 11) is 0. The maximum absolute atomic E-state index is 12.5. The third-order valence-electron chi connectivity index (χ3n) is 4.25. The van der Waals surface area contributed by atoms with Crippen molar-refractivity contribution in [3.63, 3.8) is 0 Å². The molecule has 0 bridgehead atoms. The number of nitrogens with one attached hydrogen (secondary N) is 1. The van der Waals surface area contributed by atoms with E-state index in [1.54, 1.807) is 18.0 Å². The second-order valence-electron chi connectivity index (χ2n) is 5.72. The van der Waals surface area contributed by atoms with Crippen LogP contribution in [0.25, 0.3) is 0 Å². The largest absolute Gasteiger partial charge is 0.342 e. The maximum Gasteiger partial charge on any atom is 0.227 e. The predicted molar refractivity (Wildman–Crippen MR) is 89.1 cm³/mol. The van der Waals surface area contributed by atoms with E-state index in [2.05, 4.69) is 40.7 Å². The first-order chi connectivity index (χ1) is 10.8. The lowest BCUT2D eigenvalue weighted by Gasteiger charge is -2.32. The lowest BCUT2D eigenvalue weighted by Crippen LogP contribution is -2.40. The van der Waals surface area contributed by atoms with Gasteiger partial charge in [0.15, 0.2) is 0 Å². The lowest BCUT2D eigenvalue weighted by molar-refractivity contribution is -0.131. The second kappa shape index (κ2) is 7.01. The fourth-order valence-electron chi connectivity index (χ4n) is 2.98. The van der Waals surface area contributed by atoms with Gasteiger partial charge < -0.3 is 4.90 Å². The standard InChI is InChI=1S/C17H21N3OS/c1-22-15-6-4-13(5-7-15)11-17(21)20-10-2-3-14(12-20)16-8-9-18-19-16/h4-9,14H,2-3,10-12H2,1H3,(H,18,19)/t14-/m0/s1. The van der Waals surface area contributed by atoms with E-state index >= 15 is 0 Å². The van der Waals surface area contributed by atoms with Crippen molar-refractivity contribution in [3.8, 4) is 0 Å². The first-order valence-electron chi connectivity index (χ1n) is 7.66. The lowest BCUT2D eigenvalue weighted by atomic mass is 9.94. The molecule has 1 aliphatic rings. The third kappa shape index (κ3) is 3.53. The number of aromatic nitrogens is 2. The molecule has 0 spiro atoms. The molecule has 0 aliphatic carbocycles. The smallest absolute Gasteiger partial charge is 0.227 e. The van der Waals surface area contributed by atoms with Crippen LogP contribution in [0.4, 0.5) is 0 Å². The minimum atomic E-state index is 0.223. The molecule has 0 unspecified atom stereocenters. The summed E-state index contributed by atoms with van der Waals surface area (Å²) in [6.45, 7) is 1.66. The van der Waals surface area contributed by atoms with E-state index in [4.69, 9.17) is 0 Å². The molecule has 116 valence electrons. The van der Waals surface area contributed by atoms with E-state index in [-0.39, 0.29) is 5.91 Å². The quantitative estimate of drug-likeness (QED) is 0.882. The summed E-state index contributed by atoms with van der Waals surface area (Å²) in [6, 6.07) is 10.3. The molecule has 1 aliphatic heterocycles. The van der Waals surface area contributed by atoms with Gasteiger partial charge in [0.2, 0.25) is 5.91 Å². The zero-order valence-corrected chi connectivity index (χ0v) is 13.6. The summed E-state index contributed by atoms with van der Waals surface area (Å²) in [5.41, 5.74) is 2.23. The van der Waals surface area contributed by atoms with Crippen LogP contribution >= 0.6 is 11.8 Å². The molecule has 22 heavy (non-hydrogen) atoms. The summed E-state index contributed by atoms with van der Waals surface area (Å²) in [5.74, 6) is 0.611. The predicted octanol–water partition coefficient (Wildman–Crippen LogP) is 3.08. The molecule has 1 atom stereocenters. The van der Waals surface area contributed by atoms with Gasteiger partial charge >= 0.3 is 0 Å². The van der Waals surface area contributed by atoms with Crippen LogP contribution < -0.4 is 0 Å². The third-order valence-corrected chi connectivity index (χ3v) is 4.99. The zero-order valence-electron chi connectivity index (χ0n) is 12.8. The van der Waals surface area contributed by atoms with Crippen LogP contribution in [0.1, 0.15) is 30.0 Å². The van der Waals surface area contributed by atoms with E-state index < -0.39 is 0 Å². The Morgan fingerprint density at radius 1 is 1.36 bits per heavy atom. The van der Waals surface area contributed by atoms with Crippen LogP contribution in [0, 0.1) is 0 Å². The van der Waals surface area contributed by atoms with Gasteiger partial charge in [-0.25, -0.2) is 0 Å². The summed E-state index contributed by atoms with van der Waals surface area (Å²) in [5, 5.41) is 7.06. The maximum atomic E-state index is 12.5. The number of aromatic amines is 1. The van der Waals surface area contributed by atoms with Crippen molar-refractivity contribution in [1.29, 1.82) is 0 Å². The summed E-state index contributed by atoms with van der Waals surface area (Å²) >= 11 is 1.72. The molecule has 1 saturated heterocycles.